The van der Waals surface area contributed by atoms with Gasteiger partial charge in [0.15, 0.2) is 0 Å². The molecule has 2 aromatic rings. The average Bonchev–Trinajstić information content (AvgIpc) is 2.51. The number of benzene rings is 2. The number of hydrogen-bond donors (Lipinski definition) is 1. The lowest BCUT2D eigenvalue weighted by Gasteiger charge is -2.07. The molecule has 0 spiro atoms. The highest BCUT2D eigenvalue weighted by Crippen LogP contribution is 2.29. The third-order valence-corrected chi connectivity index (χ3v) is 3.11. The third-order valence-electron chi connectivity index (χ3n) is 3.11. The Morgan fingerprint density at radius 1 is 0.750 bits per heavy atom. The van der Waals surface area contributed by atoms with Crippen LogP contribution < -0.4 is 5.43 Å². The minimum absolute atomic E-state index is 0.190. The maximum absolute atomic E-state index is 12.4. The normalized spacial score (nSPS) is 12.6. The molecule has 1 N–H and O–H groups in total. The van der Waals surface area contributed by atoms with Gasteiger partial charge < -0.3 is 5.43 Å². The first kappa shape index (κ1) is 17.8. The predicted molar refractivity (Wildman–Crippen MR) is 77.3 cm³/mol. The Hall–Kier alpha value is -2.51. The first-order valence-electron chi connectivity index (χ1n) is 6.75. The third kappa shape index (κ3) is 5.00. The van der Waals surface area contributed by atoms with Crippen molar-refractivity contribution in [1.82, 2.24) is 5.43 Å². The summed E-state index contributed by atoms with van der Waals surface area (Å²) in [6.07, 6.45) is -7.45. The van der Waals surface area contributed by atoms with Gasteiger partial charge in [0.05, 0.1) is 23.9 Å². The van der Waals surface area contributed by atoms with Crippen molar-refractivity contribution >= 4 is 6.21 Å². The molecule has 0 atom stereocenters. The summed E-state index contributed by atoms with van der Waals surface area (Å²) in [6, 6.07) is 9.01. The van der Waals surface area contributed by atoms with Crippen LogP contribution in [0.1, 0.15) is 22.3 Å². The molecule has 0 aliphatic rings. The fourth-order valence-electron chi connectivity index (χ4n) is 1.83. The molecule has 0 heterocycles. The standard InChI is InChI=1S/C16H12F6N2/c17-15(18,19)13-5-1-11(2-6-13)9-23-24-10-12-3-7-14(8-4-12)16(20,21)22/h1-9,24H,10H2/b23-9+. The molecule has 0 unspecified atom stereocenters. The Labute approximate surface area is 133 Å². The van der Waals surface area contributed by atoms with Gasteiger partial charge in [-0.3, -0.25) is 0 Å². The maximum atomic E-state index is 12.4. The number of alkyl halides is 6. The monoisotopic (exact) mass is 346 g/mol. The predicted octanol–water partition coefficient (Wildman–Crippen LogP) is 4.85. The van der Waals surface area contributed by atoms with Gasteiger partial charge in [0, 0.05) is 0 Å². The van der Waals surface area contributed by atoms with E-state index in [0.29, 0.717) is 11.1 Å². The highest BCUT2D eigenvalue weighted by molar-refractivity contribution is 5.79. The molecule has 0 aliphatic heterocycles. The van der Waals surface area contributed by atoms with E-state index in [1.165, 1.54) is 30.5 Å². The zero-order valence-corrected chi connectivity index (χ0v) is 12.1. The molecule has 0 bridgehead atoms. The Morgan fingerprint density at radius 2 is 1.21 bits per heavy atom. The summed E-state index contributed by atoms with van der Waals surface area (Å²) < 4.78 is 74.4. The van der Waals surface area contributed by atoms with Crippen molar-refractivity contribution in [3.63, 3.8) is 0 Å². The average molecular weight is 346 g/mol. The van der Waals surface area contributed by atoms with Gasteiger partial charge >= 0.3 is 12.4 Å². The van der Waals surface area contributed by atoms with Crippen molar-refractivity contribution in [3.8, 4) is 0 Å². The van der Waals surface area contributed by atoms with Crippen LogP contribution in [0.2, 0.25) is 0 Å². The van der Waals surface area contributed by atoms with E-state index in [0.717, 1.165) is 24.3 Å². The molecule has 128 valence electrons. The second-order valence-corrected chi connectivity index (χ2v) is 4.91. The molecular formula is C16H12F6N2. The van der Waals surface area contributed by atoms with E-state index in [9.17, 15) is 26.3 Å². The van der Waals surface area contributed by atoms with Crippen LogP contribution in [0.4, 0.5) is 26.3 Å². The molecule has 24 heavy (non-hydrogen) atoms. The van der Waals surface area contributed by atoms with Gasteiger partial charge in [0.25, 0.3) is 0 Å². The molecular weight excluding hydrogens is 334 g/mol. The first-order valence-corrected chi connectivity index (χ1v) is 6.75. The zero-order chi connectivity index (χ0) is 17.8. The topological polar surface area (TPSA) is 24.4 Å². The summed E-state index contributed by atoms with van der Waals surface area (Å²) in [7, 11) is 0. The molecule has 0 saturated heterocycles. The Kier molecular flexibility index (Phi) is 5.16. The maximum Gasteiger partial charge on any atom is 0.416 e. The fraction of sp³-hybridized carbons (Fsp3) is 0.188. The van der Waals surface area contributed by atoms with Gasteiger partial charge in [-0.1, -0.05) is 24.3 Å². The SMILES string of the molecule is FC(F)(F)c1ccc(/C=N/NCc2ccc(C(F)(F)F)cc2)cc1. The van der Waals surface area contributed by atoms with Crippen molar-refractivity contribution in [2.24, 2.45) is 5.10 Å². The lowest BCUT2D eigenvalue weighted by Crippen LogP contribution is -2.08. The van der Waals surface area contributed by atoms with Crippen molar-refractivity contribution in [2.75, 3.05) is 0 Å². The van der Waals surface area contributed by atoms with Crippen LogP contribution in [0.25, 0.3) is 0 Å². The van der Waals surface area contributed by atoms with E-state index in [1.54, 1.807) is 0 Å². The van der Waals surface area contributed by atoms with Crippen LogP contribution in [0.3, 0.4) is 0 Å². The largest absolute Gasteiger partial charge is 0.416 e. The van der Waals surface area contributed by atoms with E-state index in [-0.39, 0.29) is 6.54 Å². The number of rotatable bonds is 4. The smallest absolute Gasteiger partial charge is 0.306 e. The lowest BCUT2D eigenvalue weighted by molar-refractivity contribution is -0.138. The molecule has 2 nitrogen and oxygen atoms in total. The van der Waals surface area contributed by atoms with Gasteiger partial charge in [0.1, 0.15) is 0 Å². The zero-order valence-electron chi connectivity index (χ0n) is 12.1. The van der Waals surface area contributed by atoms with Gasteiger partial charge in [-0.25, -0.2) is 0 Å². The lowest BCUT2D eigenvalue weighted by atomic mass is 10.1. The van der Waals surface area contributed by atoms with E-state index in [4.69, 9.17) is 0 Å². The summed E-state index contributed by atoms with van der Waals surface area (Å²) in [5.74, 6) is 0. The molecule has 0 saturated carbocycles. The number of nitrogens with one attached hydrogen (secondary N) is 1. The summed E-state index contributed by atoms with van der Waals surface area (Å²) >= 11 is 0. The van der Waals surface area contributed by atoms with Crippen molar-refractivity contribution < 1.29 is 26.3 Å². The van der Waals surface area contributed by atoms with Crippen LogP contribution in [-0.4, -0.2) is 6.21 Å². The minimum Gasteiger partial charge on any atom is -0.306 e. The molecule has 0 amide bonds. The van der Waals surface area contributed by atoms with Crippen LogP contribution in [0.15, 0.2) is 53.6 Å². The second-order valence-electron chi connectivity index (χ2n) is 4.91. The van der Waals surface area contributed by atoms with E-state index < -0.39 is 23.5 Å². The van der Waals surface area contributed by atoms with E-state index >= 15 is 0 Å². The van der Waals surface area contributed by atoms with Crippen molar-refractivity contribution in [2.45, 2.75) is 18.9 Å². The quantitative estimate of drug-likeness (QED) is 0.478. The Bertz CT molecular complexity index is 684. The molecule has 8 heteroatoms. The molecule has 0 aliphatic carbocycles. The van der Waals surface area contributed by atoms with Gasteiger partial charge in [0.2, 0.25) is 0 Å². The number of halogens is 6. The minimum atomic E-state index is -4.39. The van der Waals surface area contributed by atoms with Gasteiger partial charge in [-0.2, -0.15) is 31.4 Å². The van der Waals surface area contributed by atoms with Crippen LogP contribution >= 0.6 is 0 Å². The second kappa shape index (κ2) is 6.94. The summed E-state index contributed by atoms with van der Waals surface area (Å²) in [5.41, 5.74) is 2.18. The van der Waals surface area contributed by atoms with Crippen LogP contribution in [0.5, 0.6) is 0 Å². The van der Waals surface area contributed by atoms with E-state index in [1.807, 2.05) is 0 Å². The van der Waals surface area contributed by atoms with Gasteiger partial charge in [-0.15, -0.1) is 0 Å². The van der Waals surface area contributed by atoms with Gasteiger partial charge in [-0.05, 0) is 35.4 Å². The Balaban J connectivity index is 1.88. The molecule has 0 radical (unpaired) electrons. The summed E-state index contributed by atoms with van der Waals surface area (Å²) in [6.45, 7) is 0.190. The first-order chi connectivity index (χ1) is 11.2. The summed E-state index contributed by atoms with van der Waals surface area (Å²) in [5, 5.41) is 3.82. The highest BCUT2D eigenvalue weighted by Gasteiger charge is 2.30. The molecule has 0 fully saturated rings. The fourth-order valence-corrected chi connectivity index (χ4v) is 1.83. The highest BCUT2D eigenvalue weighted by atomic mass is 19.4. The van der Waals surface area contributed by atoms with Crippen LogP contribution in [0, 0.1) is 0 Å². The van der Waals surface area contributed by atoms with Crippen molar-refractivity contribution in [3.05, 3.63) is 70.8 Å². The van der Waals surface area contributed by atoms with E-state index in [2.05, 4.69) is 10.5 Å². The number of nitrogens with zero attached hydrogens (tertiary/aromatic N) is 1. The number of hydrazone groups is 1. The molecule has 2 aromatic carbocycles. The Morgan fingerprint density at radius 3 is 1.67 bits per heavy atom. The number of hydrogen-bond acceptors (Lipinski definition) is 2. The molecule has 0 aromatic heterocycles. The summed E-state index contributed by atoms with van der Waals surface area (Å²) in [4.78, 5) is 0. The molecule has 2 rings (SSSR count). The van der Waals surface area contributed by atoms with Crippen LogP contribution in [-0.2, 0) is 18.9 Å². The van der Waals surface area contributed by atoms with Crippen molar-refractivity contribution in [1.29, 1.82) is 0 Å².